The molecule has 12 heteroatoms. The van der Waals surface area contributed by atoms with E-state index in [4.69, 9.17) is 15.1 Å². The first-order chi connectivity index (χ1) is 19.4. The van der Waals surface area contributed by atoms with Crippen molar-refractivity contribution < 1.29 is 29.7 Å². The Balaban J connectivity index is 1.44. The van der Waals surface area contributed by atoms with Gasteiger partial charge in [-0.3, -0.25) is 20.2 Å². The summed E-state index contributed by atoms with van der Waals surface area (Å²) in [6.07, 6.45) is -1.13. The summed E-state index contributed by atoms with van der Waals surface area (Å²) in [5.41, 5.74) is 5.15. The fourth-order valence-electron chi connectivity index (χ4n) is 3.83. The maximum Gasteiger partial charge on any atom is 0.321 e. The Morgan fingerprint density at radius 1 is 1.00 bits per heavy atom. The molecule has 1 saturated heterocycles. The Morgan fingerprint density at radius 3 is 2.27 bits per heavy atom. The minimum absolute atomic E-state index is 0.181. The number of hydrogen-bond donors (Lipinski definition) is 6. The number of rotatable bonds is 8. The van der Waals surface area contributed by atoms with Crippen LogP contribution in [-0.4, -0.2) is 87.8 Å². The molecule has 1 aliphatic heterocycles. The SMILES string of the molecule is O=C(NCC(O)CO)Nc1nc(C(=O)NO)cc(-c2ccc(C#Cc3ccc(CN4CCOCC4)cc3)cc2)n1. The molecular formula is C28H30N6O6. The third-order valence-corrected chi connectivity index (χ3v) is 5.99. The summed E-state index contributed by atoms with van der Waals surface area (Å²) in [5.74, 6) is 5.21. The second-order valence-corrected chi connectivity index (χ2v) is 8.99. The highest BCUT2D eigenvalue weighted by atomic mass is 16.5. The van der Waals surface area contributed by atoms with Gasteiger partial charge in [0.1, 0.15) is 5.69 Å². The van der Waals surface area contributed by atoms with Crippen LogP contribution < -0.4 is 16.1 Å². The van der Waals surface area contributed by atoms with E-state index < -0.39 is 24.6 Å². The number of hydrogen-bond acceptors (Lipinski definition) is 9. The maximum absolute atomic E-state index is 12.1. The number of amides is 3. The van der Waals surface area contributed by atoms with E-state index >= 15 is 0 Å². The summed E-state index contributed by atoms with van der Waals surface area (Å²) in [6.45, 7) is 3.58. The molecule has 1 unspecified atom stereocenters. The van der Waals surface area contributed by atoms with Crippen LogP contribution in [0.2, 0.25) is 0 Å². The van der Waals surface area contributed by atoms with Gasteiger partial charge in [-0.25, -0.2) is 20.2 Å². The van der Waals surface area contributed by atoms with Gasteiger partial charge in [-0.15, -0.1) is 0 Å². The van der Waals surface area contributed by atoms with E-state index in [-0.39, 0.29) is 18.2 Å². The van der Waals surface area contributed by atoms with Crippen LogP contribution in [0.25, 0.3) is 11.3 Å². The van der Waals surface area contributed by atoms with E-state index in [0.717, 1.165) is 44.0 Å². The quantitative estimate of drug-likeness (QED) is 0.137. The molecule has 0 aliphatic carbocycles. The van der Waals surface area contributed by atoms with Crippen LogP contribution in [0, 0.1) is 11.8 Å². The van der Waals surface area contributed by atoms with Crippen molar-refractivity contribution in [2.45, 2.75) is 12.6 Å². The van der Waals surface area contributed by atoms with Gasteiger partial charge in [0.25, 0.3) is 5.91 Å². The van der Waals surface area contributed by atoms with Crippen molar-refractivity contribution >= 4 is 17.9 Å². The van der Waals surface area contributed by atoms with Crippen molar-refractivity contribution in [1.29, 1.82) is 0 Å². The van der Waals surface area contributed by atoms with Crippen molar-refractivity contribution in [2.24, 2.45) is 0 Å². The normalized spacial score (nSPS) is 14.0. The highest BCUT2D eigenvalue weighted by Gasteiger charge is 2.15. The molecule has 0 spiro atoms. The summed E-state index contributed by atoms with van der Waals surface area (Å²) in [4.78, 5) is 34.7. The summed E-state index contributed by atoms with van der Waals surface area (Å²) in [7, 11) is 0. The van der Waals surface area contributed by atoms with Gasteiger partial charge < -0.3 is 20.3 Å². The zero-order valence-electron chi connectivity index (χ0n) is 21.6. The third kappa shape index (κ3) is 8.31. The van der Waals surface area contributed by atoms with Crippen molar-refractivity contribution in [3.8, 4) is 23.1 Å². The van der Waals surface area contributed by atoms with Crippen LogP contribution >= 0.6 is 0 Å². The van der Waals surface area contributed by atoms with Gasteiger partial charge in [0.2, 0.25) is 5.95 Å². The summed E-state index contributed by atoms with van der Waals surface area (Å²) in [5, 5.41) is 32.0. The van der Waals surface area contributed by atoms with E-state index in [9.17, 15) is 14.7 Å². The standard InChI is InChI=1S/C28H30N6O6/c35-18-23(36)16-29-28(38)32-27-30-24(15-25(31-27)26(37)33-39)22-9-7-20(8-10-22)2-1-19-3-5-21(6-4-19)17-34-11-13-40-14-12-34/h3-10,15,23,35-36,39H,11-14,16-18H2,(H,33,37)(H2,29,30,31,32,38). The number of nitrogens with one attached hydrogen (secondary N) is 3. The summed E-state index contributed by atoms with van der Waals surface area (Å²) >= 11 is 0. The van der Waals surface area contributed by atoms with Crippen LogP contribution in [0.15, 0.2) is 54.6 Å². The molecule has 2 aromatic carbocycles. The number of hydroxylamine groups is 1. The van der Waals surface area contributed by atoms with Gasteiger partial charge in [0, 0.05) is 42.9 Å². The number of nitrogens with zero attached hydrogens (tertiary/aromatic N) is 3. The van der Waals surface area contributed by atoms with Gasteiger partial charge in [-0.1, -0.05) is 36.1 Å². The zero-order valence-corrected chi connectivity index (χ0v) is 21.6. The van der Waals surface area contributed by atoms with Gasteiger partial charge in [0.05, 0.1) is 31.6 Å². The molecule has 3 amide bonds. The zero-order chi connectivity index (χ0) is 28.3. The van der Waals surface area contributed by atoms with Crippen molar-refractivity contribution in [1.82, 2.24) is 25.7 Å². The van der Waals surface area contributed by atoms with E-state index in [2.05, 4.69) is 49.5 Å². The highest BCUT2D eigenvalue weighted by Crippen LogP contribution is 2.20. The smallest absolute Gasteiger partial charge is 0.321 e. The van der Waals surface area contributed by atoms with Gasteiger partial charge in [0.15, 0.2) is 0 Å². The topological polar surface area (TPSA) is 169 Å². The first kappa shape index (κ1) is 28.6. The molecule has 0 radical (unpaired) electrons. The second kappa shape index (κ2) is 14.1. The summed E-state index contributed by atoms with van der Waals surface area (Å²) < 4.78 is 5.40. The molecule has 1 aromatic heterocycles. The van der Waals surface area contributed by atoms with E-state index in [1.165, 1.54) is 17.1 Å². The molecule has 4 rings (SSSR count). The minimum atomic E-state index is -1.13. The molecule has 2 heterocycles. The number of morpholine rings is 1. The molecule has 208 valence electrons. The average Bonchev–Trinajstić information content (AvgIpc) is 2.99. The fourth-order valence-corrected chi connectivity index (χ4v) is 3.83. The lowest BCUT2D eigenvalue weighted by Gasteiger charge is -2.26. The molecule has 0 bridgehead atoms. The summed E-state index contributed by atoms with van der Waals surface area (Å²) in [6, 6.07) is 15.9. The van der Waals surface area contributed by atoms with E-state index in [1.54, 1.807) is 24.3 Å². The number of ether oxygens (including phenoxy) is 1. The van der Waals surface area contributed by atoms with Crippen LogP contribution in [0.4, 0.5) is 10.7 Å². The van der Waals surface area contributed by atoms with Gasteiger partial charge in [-0.2, -0.15) is 0 Å². The molecule has 1 atom stereocenters. The monoisotopic (exact) mass is 546 g/mol. The van der Waals surface area contributed by atoms with Crippen molar-refractivity contribution in [3.63, 3.8) is 0 Å². The van der Waals surface area contributed by atoms with Crippen LogP contribution in [0.3, 0.4) is 0 Å². The van der Waals surface area contributed by atoms with Crippen LogP contribution in [0.1, 0.15) is 27.2 Å². The number of anilines is 1. The predicted octanol–water partition coefficient (Wildman–Crippen LogP) is 0.969. The van der Waals surface area contributed by atoms with Crippen LogP contribution in [0.5, 0.6) is 0 Å². The van der Waals surface area contributed by atoms with Crippen molar-refractivity contribution in [2.75, 3.05) is 44.8 Å². The fraction of sp³-hybridized carbons (Fsp3) is 0.286. The molecule has 12 nitrogen and oxygen atoms in total. The third-order valence-electron chi connectivity index (χ3n) is 5.99. The highest BCUT2D eigenvalue weighted by molar-refractivity contribution is 5.94. The molecule has 40 heavy (non-hydrogen) atoms. The molecule has 0 saturated carbocycles. The lowest BCUT2D eigenvalue weighted by Crippen LogP contribution is -2.37. The van der Waals surface area contributed by atoms with Gasteiger partial charge >= 0.3 is 6.03 Å². The van der Waals surface area contributed by atoms with E-state index in [0.29, 0.717) is 11.3 Å². The maximum atomic E-state index is 12.1. The molecular weight excluding hydrogens is 516 g/mol. The Hall–Kier alpha value is -4.38. The number of carbonyl (C=O) groups excluding carboxylic acids is 2. The number of carbonyl (C=O) groups is 2. The average molecular weight is 547 g/mol. The van der Waals surface area contributed by atoms with Crippen LogP contribution in [-0.2, 0) is 11.3 Å². The Kier molecular flexibility index (Phi) is 10.1. The number of urea groups is 1. The Labute approximate surface area is 231 Å². The van der Waals surface area contributed by atoms with E-state index in [1.807, 2.05) is 12.1 Å². The molecule has 6 N–H and O–H groups in total. The van der Waals surface area contributed by atoms with Crippen molar-refractivity contribution in [3.05, 3.63) is 77.0 Å². The number of aliphatic hydroxyl groups is 2. The lowest BCUT2D eigenvalue weighted by atomic mass is 10.1. The first-order valence-electron chi connectivity index (χ1n) is 12.6. The molecule has 1 aliphatic rings. The molecule has 3 aromatic rings. The predicted molar refractivity (Wildman–Crippen MR) is 145 cm³/mol. The Morgan fingerprint density at radius 2 is 1.65 bits per heavy atom. The minimum Gasteiger partial charge on any atom is -0.394 e. The second-order valence-electron chi connectivity index (χ2n) is 8.99. The number of aromatic nitrogens is 2. The lowest BCUT2D eigenvalue weighted by molar-refractivity contribution is 0.0342. The Bertz CT molecular complexity index is 1360. The number of benzene rings is 2. The van der Waals surface area contributed by atoms with Gasteiger partial charge in [-0.05, 0) is 35.9 Å². The number of aliphatic hydroxyl groups excluding tert-OH is 2. The first-order valence-corrected chi connectivity index (χ1v) is 12.6. The molecule has 1 fully saturated rings. The largest absolute Gasteiger partial charge is 0.394 e.